The van der Waals surface area contributed by atoms with Gasteiger partial charge in [0.2, 0.25) is 0 Å². The number of nitrogens with zero attached hydrogens (tertiary/aromatic N) is 1. The van der Waals surface area contributed by atoms with Gasteiger partial charge >= 0.3 is 0 Å². The van der Waals surface area contributed by atoms with E-state index in [0.29, 0.717) is 0 Å². The van der Waals surface area contributed by atoms with Gasteiger partial charge in [0.05, 0.1) is 5.69 Å². The maximum Gasteiger partial charge on any atom is 0.0599 e. The molecular formula is C12H13NS. The van der Waals surface area contributed by atoms with Crippen molar-refractivity contribution in [3.05, 3.63) is 40.4 Å². The predicted molar refractivity (Wildman–Crippen MR) is 63.8 cm³/mol. The van der Waals surface area contributed by atoms with E-state index in [0.717, 1.165) is 0 Å². The van der Waals surface area contributed by atoms with Crippen LogP contribution in [0.2, 0.25) is 0 Å². The van der Waals surface area contributed by atoms with Crippen LogP contribution in [0.25, 0.3) is 0 Å². The third kappa shape index (κ3) is 1.54. The molecule has 0 N–H and O–H groups in total. The summed E-state index contributed by atoms with van der Waals surface area (Å²) in [5.74, 6) is 0. The Bertz CT molecular complexity index is 440. The molecule has 1 nitrogen and oxygen atoms in total. The first kappa shape index (κ1) is 9.32. The molecule has 0 spiro atoms. The van der Waals surface area contributed by atoms with Crippen LogP contribution >= 0.6 is 11.2 Å². The monoisotopic (exact) mass is 203 g/mol. The highest BCUT2D eigenvalue weighted by Gasteiger charge is 2.09. The first-order valence-electron chi connectivity index (χ1n) is 4.63. The lowest BCUT2D eigenvalue weighted by molar-refractivity contribution is 1.23. The van der Waals surface area contributed by atoms with E-state index in [1.807, 2.05) is 5.41 Å². The molecule has 0 bridgehead atoms. The van der Waals surface area contributed by atoms with Gasteiger partial charge in [0.1, 0.15) is 0 Å². The molecule has 14 heavy (non-hydrogen) atoms. The van der Waals surface area contributed by atoms with E-state index in [-0.39, 0.29) is 0 Å². The van der Waals surface area contributed by atoms with Gasteiger partial charge in [0.15, 0.2) is 0 Å². The van der Waals surface area contributed by atoms with Gasteiger partial charge in [-0.1, -0.05) is 28.9 Å². The fourth-order valence-corrected chi connectivity index (χ4v) is 2.39. The summed E-state index contributed by atoms with van der Waals surface area (Å²) in [6.07, 6.45) is 2.05. The first-order valence-corrected chi connectivity index (χ1v) is 5.51. The van der Waals surface area contributed by atoms with E-state index in [9.17, 15) is 0 Å². The maximum atomic E-state index is 3.21. The minimum atomic E-state index is 1.26. The van der Waals surface area contributed by atoms with E-state index in [2.05, 4.69) is 49.3 Å². The van der Waals surface area contributed by atoms with Gasteiger partial charge in [-0.05, 0) is 31.9 Å². The summed E-state index contributed by atoms with van der Waals surface area (Å²) >= 11 is 1.59. The highest BCUT2D eigenvalue weighted by atomic mass is 32.1. The maximum absolute atomic E-state index is 3.21. The van der Waals surface area contributed by atoms with E-state index < -0.39 is 0 Å². The lowest BCUT2D eigenvalue weighted by Gasteiger charge is -2.17. The Morgan fingerprint density at radius 3 is 2.29 bits per heavy atom. The molecule has 0 unspecified atom stereocenters. The fourth-order valence-electron chi connectivity index (χ4n) is 1.88. The Morgan fingerprint density at radius 2 is 1.79 bits per heavy atom. The van der Waals surface area contributed by atoms with Gasteiger partial charge < -0.3 is 0 Å². The fraction of sp³-hybridized carbons (Fsp3) is 0.250. The van der Waals surface area contributed by atoms with Crippen LogP contribution in [0.15, 0.2) is 23.7 Å². The molecule has 0 saturated heterocycles. The Balaban J connectivity index is 2.54. The Hall–Kier alpha value is -1.24. The molecule has 1 aliphatic rings. The number of hydrogen-bond donors (Lipinski definition) is 0. The molecule has 0 saturated carbocycles. The van der Waals surface area contributed by atoms with Crippen molar-refractivity contribution >= 4 is 16.9 Å². The van der Waals surface area contributed by atoms with Gasteiger partial charge in [-0.25, -0.2) is 0 Å². The summed E-state index contributed by atoms with van der Waals surface area (Å²) in [6, 6.07) is 4.42. The molecule has 0 aromatic heterocycles. The molecule has 1 aliphatic heterocycles. The van der Waals surface area contributed by atoms with Gasteiger partial charge in [-0.15, -0.1) is 0 Å². The molecule has 2 heteroatoms. The lowest BCUT2D eigenvalue weighted by Crippen LogP contribution is -2.08. The van der Waals surface area contributed by atoms with Crippen molar-refractivity contribution in [3.8, 4) is 5.31 Å². The second-order valence-corrected chi connectivity index (χ2v) is 4.30. The first-order chi connectivity index (χ1) is 6.68. The summed E-state index contributed by atoms with van der Waals surface area (Å²) in [5.41, 5.74) is 5.20. The lowest BCUT2D eigenvalue weighted by atomic mass is 10.0. The highest BCUT2D eigenvalue weighted by molar-refractivity contribution is 7.91. The summed E-state index contributed by atoms with van der Waals surface area (Å²) in [6.45, 7) is 6.42. The van der Waals surface area contributed by atoms with E-state index >= 15 is 0 Å². The standard InChI is InChI=1S/C12H13NS/c1-9-6-10(2)12(11(3)7-9)13-4-5-14-8-13/h4-7H,1-3H3. The Morgan fingerprint density at radius 1 is 1.14 bits per heavy atom. The van der Waals surface area contributed by atoms with Crippen LogP contribution < -0.4 is 4.90 Å². The molecule has 72 valence electrons. The van der Waals surface area contributed by atoms with Crippen LogP contribution in [0.3, 0.4) is 0 Å². The van der Waals surface area contributed by atoms with E-state index in [1.54, 1.807) is 11.2 Å². The van der Waals surface area contributed by atoms with Gasteiger partial charge in [-0.3, -0.25) is 4.90 Å². The second kappa shape index (κ2) is 3.49. The highest BCUT2D eigenvalue weighted by Crippen LogP contribution is 2.27. The zero-order valence-corrected chi connectivity index (χ0v) is 9.48. The van der Waals surface area contributed by atoms with Crippen molar-refractivity contribution in [3.63, 3.8) is 0 Å². The summed E-state index contributed by atoms with van der Waals surface area (Å²) in [5, 5.41) is 5.25. The quantitative estimate of drug-likeness (QED) is 0.674. The molecule has 1 aromatic rings. The third-order valence-electron chi connectivity index (χ3n) is 2.31. The number of rotatable bonds is 1. The topological polar surface area (TPSA) is 3.24 Å². The van der Waals surface area contributed by atoms with E-state index in [4.69, 9.17) is 0 Å². The zero-order chi connectivity index (χ0) is 10.1. The van der Waals surface area contributed by atoms with Gasteiger partial charge in [-0.2, -0.15) is 0 Å². The number of benzene rings is 1. The molecule has 1 heterocycles. The van der Waals surface area contributed by atoms with Crippen LogP contribution in [0.1, 0.15) is 16.7 Å². The van der Waals surface area contributed by atoms with Crippen molar-refractivity contribution < 1.29 is 0 Å². The minimum absolute atomic E-state index is 1.26. The zero-order valence-electron chi connectivity index (χ0n) is 8.66. The van der Waals surface area contributed by atoms with Crippen molar-refractivity contribution in [1.29, 1.82) is 0 Å². The minimum Gasteiger partial charge on any atom is -0.274 e. The van der Waals surface area contributed by atoms with Crippen LogP contribution in [0.4, 0.5) is 5.69 Å². The van der Waals surface area contributed by atoms with Crippen molar-refractivity contribution in [2.75, 3.05) is 4.90 Å². The summed E-state index contributed by atoms with van der Waals surface area (Å²) in [7, 11) is 0. The molecule has 1 aromatic carbocycles. The van der Waals surface area contributed by atoms with Crippen LogP contribution in [-0.2, 0) is 0 Å². The van der Waals surface area contributed by atoms with Gasteiger partial charge in [0.25, 0.3) is 0 Å². The molecule has 2 rings (SSSR count). The summed E-state index contributed by atoms with van der Waals surface area (Å²) in [4.78, 5) is 2.06. The molecule has 0 radical (unpaired) electrons. The molecule has 0 amide bonds. The van der Waals surface area contributed by atoms with E-state index in [1.165, 1.54) is 22.4 Å². The molecule has 0 atom stereocenters. The van der Waals surface area contributed by atoms with Crippen molar-refractivity contribution in [2.45, 2.75) is 20.8 Å². The summed E-state index contributed by atoms with van der Waals surface area (Å²) < 4.78 is 0. The average Bonchev–Trinajstić information content (AvgIpc) is 2.54. The average molecular weight is 203 g/mol. The third-order valence-corrected chi connectivity index (χ3v) is 2.87. The van der Waals surface area contributed by atoms with Crippen molar-refractivity contribution in [2.24, 2.45) is 0 Å². The number of hydrogen-bond acceptors (Lipinski definition) is 1. The number of anilines is 1. The van der Waals surface area contributed by atoms with Crippen LogP contribution in [0, 0.1) is 26.1 Å². The molecular weight excluding hydrogens is 190 g/mol. The normalized spacial score (nSPS) is 13.5. The second-order valence-electron chi connectivity index (χ2n) is 3.61. The Labute approximate surface area is 88.6 Å². The Kier molecular flexibility index (Phi) is 2.32. The van der Waals surface area contributed by atoms with Crippen molar-refractivity contribution in [1.82, 2.24) is 0 Å². The smallest absolute Gasteiger partial charge is 0.0599 e. The van der Waals surface area contributed by atoms with Gasteiger partial charge in [0, 0.05) is 16.9 Å². The number of aryl methyl sites for hydroxylation is 3. The predicted octanol–water partition coefficient (Wildman–Crippen LogP) is 3.55. The molecule has 0 fully saturated rings. The van der Waals surface area contributed by atoms with Crippen LogP contribution in [0.5, 0.6) is 0 Å². The van der Waals surface area contributed by atoms with Crippen LogP contribution in [-0.4, -0.2) is 0 Å². The largest absolute Gasteiger partial charge is 0.274 e. The SMILES string of the molecule is Cc1cc(C)c(N2C#SC=C2)c(C)c1. The molecule has 0 aliphatic carbocycles.